The number of nitrogens with zero attached hydrogens (tertiary/aromatic N) is 4. The molecule has 0 aliphatic rings. The fourth-order valence-electron chi connectivity index (χ4n) is 3.43. The number of hydrogen-bond donors (Lipinski definition) is 3. The highest BCUT2D eigenvalue weighted by Crippen LogP contribution is 2.39. The summed E-state index contributed by atoms with van der Waals surface area (Å²) in [4.78, 5) is 24.2. The van der Waals surface area contributed by atoms with Crippen LogP contribution >= 0.6 is 11.6 Å². The molecule has 0 atom stereocenters. The van der Waals surface area contributed by atoms with E-state index >= 15 is 0 Å². The normalized spacial score (nSPS) is 12.2. The molecule has 0 spiro atoms. The minimum Gasteiger partial charge on any atom is -0.383 e. The van der Waals surface area contributed by atoms with Crippen molar-refractivity contribution in [3.63, 3.8) is 0 Å². The van der Waals surface area contributed by atoms with Gasteiger partial charge in [0.05, 0.1) is 21.6 Å². The quantitative estimate of drug-likeness (QED) is 0.457. The lowest BCUT2D eigenvalue weighted by Gasteiger charge is -2.19. The number of nitrogen functional groups attached to an aromatic ring is 1. The van der Waals surface area contributed by atoms with Gasteiger partial charge in [-0.1, -0.05) is 17.7 Å². The molecule has 0 aliphatic carbocycles. The van der Waals surface area contributed by atoms with E-state index in [4.69, 9.17) is 22.4 Å². The first-order valence-electron chi connectivity index (χ1n) is 9.70. The van der Waals surface area contributed by atoms with Crippen LogP contribution in [0.25, 0.3) is 33.3 Å². The molecule has 156 valence electrons. The first-order valence-corrected chi connectivity index (χ1v) is 10.1. The number of benzene rings is 1. The zero-order valence-electron chi connectivity index (χ0n) is 17.5. The Morgan fingerprint density at radius 1 is 1.27 bits per heavy atom. The number of nitrogens with one attached hydrogen (secondary N) is 2. The highest BCUT2D eigenvalue weighted by atomic mass is 35.5. The van der Waals surface area contributed by atoms with Gasteiger partial charge in [-0.3, -0.25) is 4.79 Å². The number of carbonyl (C=O) groups is 1. The van der Waals surface area contributed by atoms with Crippen molar-refractivity contribution in [1.29, 1.82) is 0 Å². The summed E-state index contributed by atoms with van der Waals surface area (Å²) in [7, 11) is 0. The Labute approximate surface area is 178 Å². The zero-order valence-corrected chi connectivity index (χ0v) is 18.3. The van der Waals surface area contributed by atoms with Crippen LogP contribution in [-0.4, -0.2) is 36.7 Å². The molecule has 3 heterocycles. The average Bonchev–Trinajstić information content (AvgIpc) is 3.20. The fraction of sp³-hybridized carbons (Fsp3) is 0.333. The van der Waals surface area contributed by atoms with Crippen LogP contribution < -0.4 is 11.1 Å². The van der Waals surface area contributed by atoms with E-state index in [9.17, 15) is 4.79 Å². The molecule has 0 unspecified atom stereocenters. The molecule has 0 aliphatic heterocycles. The maximum Gasteiger partial charge on any atom is 0.251 e. The number of fused-ring (bicyclic) bond motifs is 2. The van der Waals surface area contributed by atoms with E-state index in [1.165, 1.54) is 6.33 Å². The van der Waals surface area contributed by atoms with E-state index in [0.717, 1.165) is 10.9 Å². The van der Waals surface area contributed by atoms with Gasteiger partial charge in [-0.05, 0) is 46.8 Å². The summed E-state index contributed by atoms with van der Waals surface area (Å²) < 4.78 is 1.82. The van der Waals surface area contributed by atoms with Crippen LogP contribution in [0.5, 0.6) is 0 Å². The van der Waals surface area contributed by atoms with Gasteiger partial charge in [0, 0.05) is 22.5 Å². The van der Waals surface area contributed by atoms with Crippen molar-refractivity contribution in [2.75, 3.05) is 5.73 Å². The summed E-state index contributed by atoms with van der Waals surface area (Å²) in [5, 5.41) is 9.61. The maximum absolute atomic E-state index is 12.4. The summed E-state index contributed by atoms with van der Waals surface area (Å²) in [6.07, 6.45) is 1.43. The molecule has 1 aromatic carbocycles. The van der Waals surface area contributed by atoms with Gasteiger partial charge in [0.25, 0.3) is 5.91 Å². The lowest BCUT2D eigenvalue weighted by Crippen LogP contribution is -2.29. The number of halogens is 1. The van der Waals surface area contributed by atoms with E-state index in [-0.39, 0.29) is 17.5 Å². The molecule has 0 bridgehead atoms. The van der Waals surface area contributed by atoms with Crippen LogP contribution in [0.2, 0.25) is 5.02 Å². The van der Waals surface area contributed by atoms with E-state index in [1.807, 2.05) is 45.4 Å². The predicted octanol–water partition coefficient (Wildman–Crippen LogP) is 4.10. The van der Waals surface area contributed by atoms with Gasteiger partial charge in [0.15, 0.2) is 5.65 Å². The smallest absolute Gasteiger partial charge is 0.251 e. The molecule has 0 saturated carbocycles. The molecule has 4 aromatic rings. The third-order valence-electron chi connectivity index (χ3n) is 4.78. The molecule has 0 radical (unpaired) electrons. The van der Waals surface area contributed by atoms with Gasteiger partial charge >= 0.3 is 0 Å². The number of rotatable bonds is 3. The molecule has 4 rings (SSSR count). The standard InChI is InChI=1S/C21H24ClN7O/c1-10(2)26-20(30)11-6-7-12-13(8-11)27-17(15(12)22)16-14-18(23)24-9-25-19(14)29(28-16)21(3,4)5/h6-10,27H,1-5H3,(H,26,30)(H2,23,24,25). The van der Waals surface area contributed by atoms with Crippen LogP contribution in [0.15, 0.2) is 24.5 Å². The van der Waals surface area contributed by atoms with Crippen LogP contribution in [-0.2, 0) is 5.54 Å². The minimum absolute atomic E-state index is 0.0479. The van der Waals surface area contributed by atoms with Crippen LogP contribution in [0.4, 0.5) is 5.82 Å². The van der Waals surface area contributed by atoms with Gasteiger partial charge in [-0.15, -0.1) is 0 Å². The number of H-pyrrole nitrogens is 1. The van der Waals surface area contributed by atoms with Crippen molar-refractivity contribution in [3.8, 4) is 11.4 Å². The third kappa shape index (κ3) is 3.27. The molecule has 30 heavy (non-hydrogen) atoms. The number of aromatic amines is 1. The highest BCUT2D eigenvalue weighted by molar-refractivity contribution is 6.38. The zero-order chi connectivity index (χ0) is 21.8. The summed E-state index contributed by atoms with van der Waals surface area (Å²) in [5.74, 6) is 0.191. The van der Waals surface area contributed by atoms with E-state index < -0.39 is 0 Å². The van der Waals surface area contributed by atoms with Gasteiger partial charge in [-0.2, -0.15) is 5.10 Å². The second-order valence-corrected chi connectivity index (χ2v) is 8.97. The second-order valence-electron chi connectivity index (χ2n) is 8.59. The van der Waals surface area contributed by atoms with E-state index in [2.05, 4.69) is 20.3 Å². The number of anilines is 1. The van der Waals surface area contributed by atoms with E-state index in [1.54, 1.807) is 12.1 Å². The van der Waals surface area contributed by atoms with Crippen molar-refractivity contribution in [2.45, 2.75) is 46.2 Å². The first-order chi connectivity index (χ1) is 14.1. The SMILES string of the molecule is CC(C)NC(=O)c1ccc2c(Cl)c(-c3nn(C(C)(C)C)c4ncnc(N)c34)[nH]c2c1. The maximum atomic E-state index is 12.4. The number of nitrogens with two attached hydrogens (primary N) is 1. The van der Waals surface area contributed by atoms with Crippen molar-refractivity contribution >= 4 is 45.3 Å². The largest absolute Gasteiger partial charge is 0.383 e. The van der Waals surface area contributed by atoms with Crippen molar-refractivity contribution in [2.24, 2.45) is 0 Å². The third-order valence-corrected chi connectivity index (χ3v) is 5.18. The molecule has 0 saturated heterocycles. The lowest BCUT2D eigenvalue weighted by molar-refractivity contribution is 0.0943. The van der Waals surface area contributed by atoms with Gasteiger partial charge in [0.2, 0.25) is 0 Å². The summed E-state index contributed by atoms with van der Waals surface area (Å²) in [5.41, 5.74) is 8.98. The predicted molar refractivity (Wildman–Crippen MR) is 120 cm³/mol. The molecular formula is C21H24ClN7O. The Kier molecular flexibility index (Phi) is 4.69. The fourth-order valence-corrected chi connectivity index (χ4v) is 3.73. The topological polar surface area (TPSA) is 115 Å². The Balaban J connectivity index is 1.93. The molecular weight excluding hydrogens is 402 g/mol. The average molecular weight is 426 g/mol. The van der Waals surface area contributed by atoms with Crippen LogP contribution in [0, 0.1) is 0 Å². The van der Waals surface area contributed by atoms with Gasteiger partial charge in [-0.25, -0.2) is 14.6 Å². The molecule has 8 nitrogen and oxygen atoms in total. The molecule has 1 amide bonds. The second kappa shape index (κ2) is 6.98. The number of hydrogen-bond acceptors (Lipinski definition) is 5. The van der Waals surface area contributed by atoms with Gasteiger partial charge in [0.1, 0.15) is 17.8 Å². The lowest BCUT2D eigenvalue weighted by atomic mass is 10.1. The van der Waals surface area contributed by atoms with Crippen molar-refractivity contribution < 1.29 is 4.79 Å². The molecule has 3 aromatic heterocycles. The summed E-state index contributed by atoms with van der Waals surface area (Å²) >= 11 is 6.72. The van der Waals surface area contributed by atoms with E-state index in [0.29, 0.717) is 38.8 Å². The van der Waals surface area contributed by atoms with Crippen LogP contribution in [0.3, 0.4) is 0 Å². The minimum atomic E-state index is -0.322. The van der Waals surface area contributed by atoms with Crippen molar-refractivity contribution in [1.82, 2.24) is 30.0 Å². The Morgan fingerprint density at radius 2 is 2.00 bits per heavy atom. The Hall–Kier alpha value is -3.13. The number of amides is 1. The molecule has 4 N–H and O–H groups in total. The Morgan fingerprint density at radius 3 is 2.67 bits per heavy atom. The summed E-state index contributed by atoms with van der Waals surface area (Å²) in [6.45, 7) is 9.95. The number of carbonyl (C=O) groups excluding carboxylic acids is 1. The summed E-state index contributed by atoms with van der Waals surface area (Å²) in [6, 6.07) is 5.42. The van der Waals surface area contributed by atoms with Crippen molar-refractivity contribution in [3.05, 3.63) is 35.1 Å². The first kappa shape index (κ1) is 20.2. The van der Waals surface area contributed by atoms with Crippen LogP contribution in [0.1, 0.15) is 45.0 Å². The molecule has 9 heteroatoms. The highest BCUT2D eigenvalue weighted by Gasteiger charge is 2.26. The molecule has 0 fully saturated rings. The monoisotopic (exact) mass is 425 g/mol. The number of aromatic nitrogens is 5. The Bertz CT molecular complexity index is 1280. The van der Waals surface area contributed by atoms with Gasteiger partial charge < -0.3 is 16.0 Å².